The SMILES string of the molecule is CSc1ccc(C(CN)NC(=O)OC(C)(C)C)cc1. The molecule has 0 fully saturated rings. The van der Waals surface area contributed by atoms with E-state index in [0.717, 1.165) is 5.56 Å². The van der Waals surface area contributed by atoms with E-state index in [-0.39, 0.29) is 6.04 Å². The van der Waals surface area contributed by atoms with Crippen LogP contribution in [0.4, 0.5) is 4.79 Å². The lowest BCUT2D eigenvalue weighted by molar-refractivity contribution is 0.0505. The van der Waals surface area contributed by atoms with Crippen molar-refractivity contribution in [3.63, 3.8) is 0 Å². The van der Waals surface area contributed by atoms with Crippen LogP contribution in [0.5, 0.6) is 0 Å². The van der Waals surface area contributed by atoms with E-state index in [9.17, 15) is 4.79 Å². The predicted molar refractivity (Wildman–Crippen MR) is 79.4 cm³/mol. The van der Waals surface area contributed by atoms with E-state index < -0.39 is 11.7 Å². The number of nitrogens with two attached hydrogens (primary N) is 1. The summed E-state index contributed by atoms with van der Waals surface area (Å²) in [5.74, 6) is 0. The van der Waals surface area contributed by atoms with Gasteiger partial charge in [0.25, 0.3) is 0 Å². The third kappa shape index (κ3) is 5.53. The fraction of sp³-hybridized carbons (Fsp3) is 0.500. The van der Waals surface area contributed by atoms with E-state index in [4.69, 9.17) is 10.5 Å². The average molecular weight is 282 g/mol. The fourth-order valence-electron chi connectivity index (χ4n) is 1.56. The molecule has 1 amide bonds. The molecule has 0 bridgehead atoms. The van der Waals surface area contributed by atoms with Gasteiger partial charge in [0, 0.05) is 11.4 Å². The fourth-order valence-corrected chi connectivity index (χ4v) is 1.97. The van der Waals surface area contributed by atoms with E-state index in [1.165, 1.54) is 4.90 Å². The molecule has 0 aromatic heterocycles. The van der Waals surface area contributed by atoms with E-state index in [1.807, 2.05) is 51.3 Å². The molecule has 5 heteroatoms. The van der Waals surface area contributed by atoms with Crippen molar-refractivity contribution in [2.75, 3.05) is 12.8 Å². The van der Waals surface area contributed by atoms with Crippen LogP contribution >= 0.6 is 11.8 Å². The van der Waals surface area contributed by atoms with Gasteiger partial charge >= 0.3 is 6.09 Å². The molecule has 0 aliphatic carbocycles. The van der Waals surface area contributed by atoms with Gasteiger partial charge < -0.3 is 15.8 Å². The summed E-state index contributed by atoms with van der Waals surface area (Å²) < 4.78 is 5.23. The lowest BCUT2D eigenvalue weighted by atomic mass is 10.1. The highest BCUT2D eigenvalue weighted by Crippen LogP contribution is 2.19. The summed E-state index contributed by atoms with van der Waals surface area (Å²) in [6, 6.07) is 7.74. The molecule has 0 radical (unpaired) electrons. The largest absolute Gasteiger partial charge is 0.444 e. The van der Waals surface area contributed by atoms with Crippen molar-refractivity contribution in [3.8, 4) is 0 Å². The van der Waals surface area contributed by atoms with Gasteiger partial charge in [0.1, 0.15) is 5.60 Å². The van der Waals surface area contributed by atoms with Crippen molar-refractivity contribution >= 4 is 17.9 Å². The number of thioether (sulfide) groups is 1. The minimum atomic E-state index is -0.508. The van der Waals surface area contributed by atoms with Crippen molar-refractivity contribution in [2.24, 2.45) is 5.73 Å². The molecule has 1 unspecified atom stereocenters. The quantitative estimate of drug-likeness (QED) is 0.833. The van der Waals surface area contributed by atoms with Crippen LogP contribution in [0.15, 0.2) is 29.2 Å². The normalized spacial score (nSPS) is 12.9. The number of carbonyl (C=O) groups is 1. The lowest BCUT2D eigenvalue weighted by Gasteiger charge is -2.23. The Hall–Kier alpha value is -1.20. The summed E-state index contributed by atoms with van der Waals surface area (Å²) >= 11 is 1.68. The summed E-state index contributed by atoms with van der Waals surface area (Å²) in [6.07, 6.45) is 1.57. The summed E-state index contributed by atoms with van der Waals surface area (Å²) in [5, 5.41) is 2.78. The van der Waals surface area contributed by atoms with Gasteiger partial charge in [0.2, 0.25) is 0 Å². The second-order valence-corrected chi connectivity index (χ2v) is 6.09. The molecule has 0 aliphatic rings. The number of amides is 1. The van der Waals surface area contributed by atoms with Gasteiger partial charge in [-0.05, 0) is 44.7 Å². The van der Waals surface area contributed by atoms with Crippen molar-refractivity contribution in [1.29, 1.82) is 0 Å². The van der Waals surface area contributed by atoms with E-state index in [1.54, 1.807) is 11.8 Å². The van der Waals surface area contributed by atoms with Gasteiger partial charge in [-0.1, -0.05) is 12.1 Å². The Kier molecular flexibility index (Phi) is 5.69. The van der Waals surface area contributed by atoms with Crippen LogP contribution in [0.2, 0.25) is 0 Å². The Labute approximate surface area is 119 Å². The molecule has 0 aliphatic heterocycles. The maximum absolute atomic E-state index is 11.7. The molecular weight excluding hydrogens is 260 g/mol. The topological polar surface area (TPSA) is 64.3 Å². The summed E-state index contributed by atoms with van der Waals surface area (Å²) in [7, 11) is 0. The van der Waals surface area contributed by atoms with Gasteiger partial charge in [0.15, 0.2) is 0 Å². The number of ether oxygens (including phenoxy) is 1. The van der Waals surface area contributed by atoms with Crippen LogP contribution in [0.25, 0.3) is 0 Å². The Bertz CT molecular complexity index is 412. The van der Waals surface area contributed by atoms with E-state index >= 15 is 0 Å². The van der Waals surface area contributed by atoms with Crippen molar-refractivity contribution in [3.05, 3.63) is 29.8 Å². The Morgan fingerprint density at radius 2 is 1.95 bits per heavy atom. The first-order valence-electron chi connectivity index (χ1n) is 6.19. The molecular formula is C14H22N2O2S. The molecule has 0 spiro atoms. The number of benzene rings is 1. The smallest absolute Gasteiger partial charge is 0.408 e. The maximum Gasteiger partial charge on any atom is 0.408 e. The van der Waals surface area contributed by atoms with Crippen LogP contribution in [0.1, 0.15) is 32.4 Å². The zero-order chi connectivity index (χ0) is 14.5. The van der Waals surface area contributed by atoms with Gasteiger partial charge in [-0.2, -0.15) is 0 Å². The maximum atomic E-state index is 11.7. The Morgan fingerprint density at radius 1 is 1.37 bits per heavy atom. The highest BCUT2D eigenvalue weighted by molar-refractivity contribution is 7.98. The molecule has 0 saturated carbocycles. The van der Waals surface area contributed by atoms with Crippen LogP contribution < -0.4 is 11.1 Å². The van der Waals surface area contributed by atoms with Gasteiger partial charge in [-0.25, -0.2) is 4.79 Å². The standard InChI is InChI=1S/C14H22N2O2S/c1-14(2,3)18-13(17)16-12(9-15)10-5-7-11(19-4)8-6-10/h5-8,12H,9,15H2,1-4H3,(H,16,17). The first kappa shape index (κ1) is 15.9. The minimum Gasteiger partial charge on any atom is -0.444 e. The van der Waals surface area contributed by atoms with Crippen molar-refractivity contribution in [2.45, 2.75) is 37.3 Å². The molecule has 1 rings (SSSR count). The third-order valence-electron chi connectivity index (χ3n) is 2.44. The number of alkyl carbamates (subject to hydrolysis) is 1. The molecule has 1 aromatic rings. The van der Waals surface area contributed by atoms with Crippen LogP contribution in [0, 0.1) is 0 Å². The highest BCUT2D eigenvalue weighted by Gasteiger charge is 2.19. The van der Waals surface area contributed by atoms with Crippen LogP contribution in [-0.4, -0.2) is 24.5 Å². The molecule has 0 saturated heterocycles. The monoisotopic (exact) mass is 282 g/mol. The van der Waals surface area contributed by atoms with Crippen molar-refractivity contribution in [1.82, 2.24) is 5.32 Å². The van der Waals surface area contributed by atoms with Gasteiger partial charge in [0.05, 0.1) is 6.04 Å². The Balaban J connectivity index is 2.69. The number of hydrogen-bond acceptors (Lipinski definition) is 4. The van der Waals surface area contributed by atoms with Gasteiger partial charge in [-0.15, -0.1) is 11.8 Å². The summed E-state index contributed by atoms with van der Waals surface area (Å²) in [4.78, 5) is 12.9. The van der Waals surface area contributed by atoms with E-state index in [0.29, 0.717) is 6.54 Å². The van der Waals surface area contributed by atoms with Gasteiger partial charge in [-0.3, -0.25) is 0 Å². The molecule has 4 nitrogen and oxygen atoms in total. The first-order valence-corrected chi connectivity index (χ1v) is 7.41. The number of rotatable bonds is 4. The van der Waals surface area contributed by atoms with E-state index in [2.05, 4.69) is 5.32 Å². The van der Waals surface area contributed by atoms with Crippen molar-refractivity contribution < 1.29 is 9.53 Å². The average Bonchev–Trinajstić information content (AvgIpc) is 2.34. The molecule has 3 N–H and O–H groups in total. The number of nitrogens with one attached hydrogen (secondary N) is 1. The Morgan fingerprint density at radius 3 is 2.37 bits per heavy atom. The molecule has 1 aromatic carbocycles. The minimum absolute atomic E-state index is 0.231. The zero-order valence-corrected chi connectivity index (χ0v) is 12.7. The lowest BCUT2D eigenvalue weighted by Crippen LogP contribution is -2.37. The first-order chi connectivity index (χ1) is 8.85. The third-order valence-corrected chi connectivity index (χ3v) is 3.19. The predicted octanol–water partition coefficient (Wildman–Crippen LogP) is 2.93. The van der Waals surface area contributed by atoms with Crippen LogP contribution in [-0.2, 0) is 4.74 Å². The van der Waals surface area contributed by atoms with Crippen LogP contribution in [0.3, 0.4) is 0 Å². The number of hydrogen-bond donors (Lipinski definition) is 2. The summed E-state index contributed by atoms with van der Waals surface area (Å²) in [6.45, 7) is 5.82. The second-order valence-electron chi connectivity index (χ2n) is 5.21. The zero-order valence-electron chi connectivity index (χ0n) is 11.9. The number of carbonyl (C=O) groups excluding carboxylic acids is 1. The molecule has 19 heavy (non-hydrogen) atoms. The summed E-state index contributed by atoms with van der Waals surface area (Å²) in [5.41, 5.74) is 6.18. The highest BCUT2D eigenvalue weighted by atomic mass is 32.2. The molecule has 1 atom stereocenters. The second kappa shape index (κ2) is 6.82. The molecule has 106 valence electrons. The molecule has 0 heterocycles.